The molecule has 0 aliphatic carbocycles. The van der Waals surface area contributed by atoms with E-state index in [4.69, 9.17) is 56.8 Å². The van der Waals surface area contributed by atoms with E-state index >= 15 is 0 Å². The first kappa shape index (κ1) is 64.6. The van der Waals surface area contributed by atoms with Gasteiger partial charge in [0.15, 0.2) is 11.5 Å². The van der Waals surface area contributed by atoms with Crippen molar-refractivity contribution >= 4 is 78.5 Å². The summed E-state index contributed by atoms with van der Waals surface area (Å²) in [7, 11) is 0. The zero-order chi connectivity index (χ0) is 61.6. The molecule has 0 fully saturated rings. The maximum Gasteiger partial charge on any atom is 0.261 e. The molecule has 6 amide bonds. The van der Waals surface area contributed by atoms with Crippen molar-refractivity contribution in [3.8, 4) is 17.2 Å². The van der Waals surface area contributed by atoms with Crippen LogP contribution in [-0.4, -0.2) is 210 Å². The van der Waals surface area contributed by atoms with E-state index in [0.717, 1.165) is 42.1 Å². The smallest absolute Gasteiger partial charge is 0.261 e. The second kappa shape index (κ2) is 32.9. The molecular formula is C66H76N4O18. The van der Waals surface area contributed by atoms with Gasteiger partial charge in [0.05, 0.1) is 99.1 Å². The molecule has 22 nitrogen and oxygen atoms in total. The number of benzene rings is 7. The van der Waals surface area contributed by atoms with Crippen molar-refractivity contribution in [3.63, 3.8) is 0 Å². The standard InChI is InChI=1S/C66H76N4O18/c1-4-77-24-27-80-30-33-83-36-39-86-54-42-47(43-55(87-40-37-84-34-31-81-28-25-78-5-2)60(54)88-41-38-85-35-32-82-29-26-79-6-3)61(71)67-20-22-69-63(73)50-16-18-52-59-53(19-17-51(58(50)59)64(69)74)66(76)70(65(52)75)23-21-68-62(72)49-15-13-46-11-10-44-8-7-9-45-12-14-48(49)57(46)56(44)45/h7-19,42-43H,4-6,20-41H2,1-3H3,(H,67,71)(H,68,72). The number of imide groups is 2. The van der Waals surface area contributed by atoms with Gasteiger partial charge in [-0.1, -0.05) is 48.5 Å². The molecule has 0 radical (unpaired) electrons. The highest BCUT2D eigenvalue weighted by Crippen LogP contribution is 2.41. The molecule has 2 N–H and O–H groups in total. The number of carbonyl (C=O) groups is 6. The van der Waals surface area contributed by atoms with Crippen LogP contribution in [0, 0.1) is 0 Å². The van der Waals surface area contributed by atoms with Gasteiger partial charge < -0.3 is 67.5 Å². The topological polar surface area (TPSA) is 244 Å². The van der Waals surface area contributed by atoms with Crippen LogP contribution < -0.4 is 24.8 Å². The Labute approximate surface area is 510 Å². The molecule has 2 aliphatic rings. The minimum Gasteiger partial charge on any atom is -0.487 e. The van der Waals surface area contributed by atoms with Crippen LogP contribution in [0.25, 0.3) is 43.1 Å². The number of hydrogen-bond acceptors (Lipinski definition) is 18. The highest BCUT2D eigenvalue weighted by molar-refractivity contribution is 6.33. The molecule has 0 aromatic heterocycles. The number of carbonyl (C=O) groups excluding carboxylic acids is 6. The Hall–Kier alpha value is -7.90. The first-order valence-corrected chi connectivity index (χ1v) is 30.0. The predicted molar refractivity (Wildman–Crippen MR) is 327 cm³/mol. The van der Waals surface area contributed by atoms with Crippen LogP contribution in [0.3, 0.4) is 0 Å². The summed E-state index contributed by atoms with van der Waals surface area (Å²) in [5, 5.41) is 12.1. The summed E-state index contributed by atoms with van der Waals surface area (Å²) >= 11 is 0. The molecule has 9 rings (SSSR count). The van der Waals surface area contributed by atoms with Crippen LogP contribution in [0.15, 0.2) is 91.0 Å². The highest BCUT2D eigenvalue weighted by atomic mass is 16.6. The molecule has 88 heavy (non-hydrogen) atoms. The average Bonchev–Trinajstić information content (AvgIpc) is 0.740. The van der Waals surface area contributed by atoms with Crippen molar-refractivity contribution in [2.45, 2.75) is 20.8 Å². The third kappa shape index (κ3) is 15.9. The molecule has 0 saturated heterocycles. The van der Waals surface area contributed by atoms with E-state index in [9.17, 15) is 28.8 Å². The Morgan fingerprint density at radius 3 is 1.15 bits per heavy atom. The van der Waals surface area contributed by atoms with Gasteiger partial charge in [-0.3, -0.25) is 38.6 Å². The fourth-order valence-corrected chi connectivity index (χ4v) is 10.5. The molecule has 7 aromatic rings. The Morgan fingerprint density at radius 2 is 0.727 bits per heavy atom. The normalized spacial score (nSPS) is 13.0. The number of rotatable bonds is 41. The molecule has 0 bridgehead atoms. The van der Waals surface area contributed by atoms with E-state index in [1.807, 2.05) is 63.2 Å². The van der Waals surface area contributed by atoms with Gasteiger partial charge in [-0.05, 0) is 95.6 Å². The minimum absolute atomic E-state index is 0.0341. The lowest BCUT2D eigenvalue weighted by Gasteiger charge is -2.32. The number of hydrogen-bond donors (Lipinski definition) is 2. The fourth-order valence-electron chi connectivity index (χ4n) is 10.5. The first-order valence-electron chi connectivity index (χ1n) is 30.0. The summed E-state index contributed by atoms with van der Waals surface area (Å²) in [5.41, 5.74) is 1.08. The van der Waals surface area contributed by atoms with Gasteiger partial charge >= 0.3 is 0 Å². The molecule has 468 valence electrons. The van der Waals surface area contributed by atoms with Crippen LogP contribution in [0.4, 0.5) is 0 Å². The number of nitrogens with one attached hydrogen (secondary N) is 2. The molecular weight excluding hydrogens is 1140 g/mol. The molecule has 0 unspecified atom stereocenters. The Bertz CT molecular complexity index is 3410. The monoisotopic (exact) mass is 1210 g/mol. The van der Waals surface area contributed by atoms with E-state index in [-0.39, 0.29) is 128 Å². The van der Waals surface area contributed by atoms with Crippen LogP contribution in [0.5, 0.6) is 17.2 Å². The quantitative estimate of drug-likeness (QED) is 0.0220. The summed E-state index contributed by atoms with van der Waals surface area (Å²) in [5.74, 6) is -3.00. The summed E-state index contributed by atoms with van der Waals surface area (Å²) in [6, 6.07) is 26.7. The van der Waals surface area contributed by atoms with E-state index in [1.165, 1.54) is 36.4 Å². The highest BCUT2D eigenvalue weighted by Gasteiger charge is 2.40. The van der Waals surface area contributed by atoms with Crippen LogP contribution in [0.1, 0.15) is 82.9 Å². The predicted octanol–water partition coefficient (Wildman–Crippen LogP) is 7.13. The van der Waals surface area contributed by atoms with Gasteiger partial charge in [0.25, 0.3) is 35.4 Å². The van der Waals surface area contributed by atoms with Gasteiger partial charge in [0.2, 0.25) is 5.75 Å². The van der Waals surface area contributed by atoms with Gasteiger partial charge in [0, 0.05) is 90.2 Å². The van der Waals surface area contributed by atoms with E-state index in [0.29, 0.717) is 105 Å². The van der Waals surface area contributed by atoms with Crippen molar-refractivity contribution in [3.05, 3.63) is 124 Å². The Morgan fingerprint density at radius 1 is 0.375 bits per heavy atom. The Kier molecular flexibility index (Phi) is 24.1. The first-order chi connectivity index (χ1) is 43.1. The van der Waals surface area contributed by atoms with Gasteiger partial charge in [0.1, 0.15) is 19.8 Å². The SMILES string of the molecule is CCOCCOCCOCCOc1cc(C(=O)NCCN2C(=O)c3ccc4c5c(ccc(c35)C2=O)C(=O)N(CCNC(=O)c2ccc3ccc5cccc6ccc2c3c56)C4=O)cc(OCCOCCOCCOCC)c1OCCOCCOCCOCC. The summed E-state index contributed by atoms with van der Waals surface area (Å²) in [4.78, 5) is 86.9. The molecule has 0 saturated carbocycles. The number of ether oxygens (including phenoxy) is 12. The van der Waals surface area contributed by atoms with Crippen molar-refractivity contribution in [1.82, 2.24) is 20.4 Å². The largest absolute Gasteiger partial charge is 0.487 e. The van der Waals surface area contributed by atoms with E-state index in [1.54, 1.807) is 6.07 Å². The van der Waals surface area contributed by atoms with Crippen LogP contribution in [-0.2, 0) is 42.6 Å². The summed E-state index contributed by atoms with van der Waals surface area (Å²) in [6.07, 6.45) is 0. The third-order valence-corrected chi connectivity index (χ3v) is 14.7. The van der Waals surface area contributed by atoms with E-state index < -0.39 is 29.5 Å². The second-order valence-corrected chi connectivity index (χ2v) is 20.2. The minimum atomic E-state index is -0.670. The van der Waals surface area contributed by atoms with Gasteiger partial charge in [-0.25, -0.2) is 0 Å². The zero-order valence-electron chi connectivity index (χ0n) is 50.1. The van der Waals surface area contributed by atoms with Crippen molar-refractivity contribution in [1.29, 1.82) is 0 Å². The zero-order valence-corrected chi connectivity index (χ0v) is 50.1. The van der Waals surface area contributed by atoms with Crippen molar-refractivity contribution in [2.24, 2.45) is 0 Å². The lowest BCUT2D eigenvalue weighted by Crippen LogP contribution is -2.46. The second-order valence-electron chi connectivity index (χ2n) is 20.2. The van der Waals surface area contributed by atoms with Crippen LogP contribution in [0.2, 0.25) is 0 Å². The molecule has 0 atom stereocenters. The van der Waals surface area contributed by atoms with Crippen molar-refractivity contribution < 1.29 is 85.6 Å². The third-order valence-electron chi connectivity index (χ3n) is 14.7. The molecule has 2 heterocycles. The maximum absolute atomic E-state index is 14.3. The fraction of sp³-hybridized carbons (Fsp3) is 0.424. The van der Waals surface area contributed by atoms with Crippen molar-refractivity contribution in [2.75, 3.05) is 165 Å². The lowest BCUT2D eigenvalue weighted by atomic mass is 9.86. The maximum atomic E-state index is 14.3. The number of amides is 6. The van der Waals surface area contributed by atoms with Crippen LogP contribution >= 0.6 is 0 Å². The number of nitrogens with zero attached hydrogens (tertiary/aromatic N) is 2. The van der Waals surface area contributed by atoms with E-state index in [2.05, 4.69) is 16.7 Å². The summed E-state index contributed by atoms with van der Waals surface area (Å²) < 4.78 is 68.5. The summed E-state index contributed by atoms with van der Waals surface area (Å²) in [6.45, 7) is 12.5. The molecule has 22 heteroatoms. The average molecular weight is 1210 g/mol. The lowest BCUT2D eigenvalue weighted by molar-refractivity contribution is 0.00864. The Balaban J connectivity index is 0.844. The molecule has 7 aromatic carbocycles. The molecule has 2 aliphatic heterocycles. The molecule has 0 spiro atoms. The van der Waals surface area contributed by atoms with Gasteiger partial charge in [-0.15, -0.1) is 0 Å². The van der Waals surface area contributed by atoms with Gasteiger partial charge in [-0.2, -0.15) is 0 Å².